The monoisotopic (exact) mass is 288 g/mol. The number of primary amides is 1. The SMILES string of the molecule is Cc1cc(C)cc(OC2CCC(NC3CC3)(C(N)=O)C2)c1. The summed E-state index contributed by atoms with van der Waals surface area (Å²) in [5.41, 5.74) is 7.48. The summed E-state index contributed by atoms with van der Waals surface area (Å²) in [4.78, 5) is 11.9. The van der Waals surface area contributed by atoms with Crippen LogP contribution in [0, 0.1) is 13.8 Å². The molecule has 3 rings (SSSR count). The Hall–Kier alpha value is -1.55. The van der Waals surface area contributed by atoms with Gasteiger partial charge in [-0.25, -0.2) is 0 Å². The van der Waals surface area contributed by atoms with E-state index >= 15 is 0 Å². The molecule has 2 aliphatic rings. The lowest BCUT2D eigenvalue weighted by molar-refractivity contribution is -0.124. The predicted octanol–water partition coefficient (Wildman–Crippen LogP) is 2.21. The van der Waals surface area contributed by atoms with Crippen molar-refractivity contribution in [3.8, 4) is 5.75 Å². The highest BCUT2D eigenvalue weighted by Gasteiger charge is 2.47. The molecular weight excluding hydrogens is 264 g/mol. The zero-order valence-electron chi connectivity index (χ0n) is 12.8. The number of rotatable bonds is 5. The standard InChI is InChI=1S/C17H24N2O2/c1-11-7-12(2)9-15(8-11)21-14-5-6-17(10-14,16(18)20)19-13-3-4-13/h7-9,13-14,19H,3-6,10H2,1-2H3,(H2,18,20). The molecule has 114 valence electrons. The quantitative estimate of drug-likeness (QED) is 0.873. The molecule has 0 radical (unpaired) electrons. The molecule has 4 nitrogen and oxygen atoms in total. The lowest BCUT2D eigenvalue weighted by atomic mass is 9.96. The van der Waals surface area contributed by atoms with E-state index < -0.39 is 5.54 Å². The molecule has 2 atom stereocenters. The second-order valence-electron chi connectivity index (χ2n) is 6.67. The smallest absolute Gasteiger partial charge is 0.237 e. The zero-order valence-corrected chi connectivity index (χ0v) is 12.8. The summed E-state index contributed by atoms with van der Waals surface area (Å²) in [6, 6.07) is 6.69. The Labute approximate surface area is 126 Å². The summed E-state index contributed by atoms with van der Waals surface area (Å²) < 4.78 is 6.10. The molecule has 1 aromatic rings. The summed E-state index contributed by atoms with van der Waals surface area (Å²) >= 11 is 0. The second-order valence-corrected chi connectivity index (χ2v) is 6.67. The van der Waals surface area contributed by atoms with Crippen molar-refractivity contribution in [3.05, 3.63) is 29.3 Å². The number of hydrogen-bond acceptors (Lipinski definition) is 3. The van der Waals surface area contributed by atoms with Gasteiger partial charge in [0, 0.05) is 12.5 Å². The number of ether oxygens (including phenoxy) is 1. The number of carbonyl (C=O) groups excluding carboxylic acids is 1. The summed E-state index contributed by atoms with van der Waals surface area (Å²) in [5.74, 6) is 0.658. The van der Waals surface area contributed by atoms with Crippen LogP contribution in [0.2, 0.25) is 0 Å². The lowest BCUT2D eigenvalue weighted by Gasteiger charge is -2.27. The summed E-state index contributed by atoms with van der Waals surface area (Å²) in [5, 5.41) is 3.45. The predicted molar refractivity (Wildman–Crippen MR) is 82.3 cm³/mol. The third-order valence-electron chi connectivity index (χ3n) is 4.50. The molecule has 0 aliphatic heterocycles. The van der Waals surface area contributed by atoms with Crippen LogP contribution in [-0.2, 0) is 4.79 Å². The molecule has 4 heteroatoms. The van der Waals surface area contributed by atoms with Gasteiger partial charge in [0.1, 0.15) is 17.4 Å². The van der Waals surface area contributed by atoms with Crippen LogP contribution in [0.3, 0.4) is 0 Å². The third-order valence-corrected chi connectivity index (χ3v) is 4.50. The molecule has 0 heterocycles. The number of aryl methyl sites for hydroxylation is 2. The van der Waals surface area contributed by atoms with Crippen molar-refractivity contribution < 1.29 is 9.53 Å². The van der Waals surface area contributed by atoms with Crippen LogP contribution < -0.4 is 15.8 Å². The van der Waals surface area contributed by atoms with Crippen molar-refractivity contribution in [1.82, 2.24) is 5.32 Å². The lowest BCUT2D eigenvalue weighted by Crippen LogP contribution is -2.55. The third kappa shape index (κ3) is 3.21. The minimum Gasteiger partial charge on any atom is -0.490 e. The topological polar surface area (TPSA) is 64.3 Å². The van der Waals surface area contributed by atoms with Crippen LogP contribution in [-0.4, -0.2) is 23.6 Å². The average Bonchev–Trinajstić information content (AvgIpc) is 3.08. The highest BCUT2D eigenvalue weighted by molar-refractivity contribution is 5.85. The zero-order chi connectivity index (χ0) is 15.0. The molecule has 3 N–H and O–H groups in total. The first-order valence-electron chi connectivity index (χ1n) is 7.79. The van der Waals surface area contributed by atoms with E-state index in [2.05, 4.69) is 25.2 Å². The maximum Gasteiger partial charge on any atom is 0.237 e. The molecule has 0 bridgehead atoms. The van der Waals surface area contributed by atoms with Gasteiger partial charge in [0.25, 0.3) is 0 Å². The van der Waals surface area contributed by atoms with E-state index in [0.717, 1.165) is 31.4 Å². The fourth-order valence-electron chi connectivity index (χ4n) is 3.34. The van der Waals surface area contributed by atoms with Crippen LogP contribution >= 0.6 is 0 Å². The second kappa shape index (κ2) is 5.34. The van der Waals surface area contributed by atoms with E-state index in [0.29, 0.717) is 12.5 Å². The normalized spacial score (nSPS) is 28.6. The molecule has 2 saturated carbocycles. The van der Waals surface area contributed by atoms with Crippen molar-refractivity contribution in [2.75, 3.05) is 0 Å². The van der Waals surface area contributed by atoms with Gasteiger partial charge in [-0.1, -0.05) is 6.07 Å². The molecule has 0 saturated heterocycles. The molecular formula is C17H24N2O2. The minimum atomic E-state index is -0.565. The van der Waals surface area contributed by atoms with Crippen LogP contribution in [0.1, 0.15) is 43.2 Å². The minimum absolute atomic E-state index is 0.0601. The van der Waals surface area contributed by atoms with E-state index in [1.807, 2.05) is 12.1 Å². The molecule has 2 aliphatic carbocycles. The van der Waals surface area contributed by atoms with Gasteiger partial charge in [0.2, 0.25) is 5.91 Å². The van der Waals surface area contributed by atoms with Gasteiger partial charge in [-0.05, 0) is 62.8 Å². The highest BCUT2D eigenvalue weighted by Crippen LogP contribution is 2.36. The molecule has 1 aromatic carbocycles. The summed E-state index contributed by atoms with van der Waals surface area (Å²) in [6.07, 6.45) is 4.68. The van der Waals surface area contributed by atoms with E-state index in [-0.39, 0.29) is 12.0 Å². The van der Waals surface area contributed by atoms with Crippen LogP contribution in [0.15, 0.2) is 18.2 Å². The van der Waals surface area contributed by atoms with Gasteiger partial charge in [0.15, 0.2) is 0 Å². The first kappa shape index (κ1) is 14.4. The molecule has 21 heavy (non-hydrogen) atoms. The first-order valence-corrected chi connectivity index (χ1v) is 7.79. The van der Waals surface area contributed by atoms with Crippen molar-refractivity contribution in [3.63, 3.8) is 0 Å². The van der Waals surface area contributed by atoms with Gasteiger partial charge in [0.05, 0.1) is 0 Å². The summed E-state index contributed by atoms with van der Waals surface area (Å²) in [7, 11) is 0. The Balaban J connectivity index is 1.69. The molecule has 2 unspecified atom stereocenters. The summed E-state index contributed by atoms with van der Waals surface area (Å²) in [6.45, 7) is 4.13. The molecule has 2 fully saturated rings. The Kier molecular flexibility index (Phi) is 3.66. The fourth-order valence-corrected chi connectivity index (χ4v) is 3.34. The number of amides is 1. The molecule has 0 spiro atoms. The van der Waals surface area contributed by atoms with Crippen molar-refractivity contribution in [2.45, 2.75) is 63.6 Å². The largest absolute Gasteiger partial charge is 0.490 e. The highest BCUT2D eigenvalue weighted by atomic mass is 16.5. The first-order chi connectivity index (χ1) is 9.97. The number of nitrogens with one attached hydrogen (secondary N) is 1. The van der Waals surface area contributed by atoms with E-state index in [1.54, 1.807) is 0 Å². The number of carbonyl (C=O) groups is 1. The molecule has 0 aromatic heterocycles. The van der Waals surface area contributed by atoms with Gasteiger partial charge < -0.3 is 15.8 Å². The van der Waals surface area contributed by atoms with E-state index in [4.69, 9.17) is 10.5 Å². The van der Waals surface area contributed by atoms with Crippen LogP contribution in [0.4, 0.5) is 0 Å². The average molecular weight is 288 g/mol. The molecule has 1 amide bonds. The van der Waals surface area contributed by atoms with Gasteiger partial charge in [-0.3, -0.25) is 4.79 Å². The maximum atomic E-state index is 11.9. The maximum absolute atomic E-state index is 11.9. The number of benzene rings is 1. The van der Waals surface area contributed by atoms with E-state index in [9.17, 15) is 4.79 Å². The van der Waals surface area contributed by atoms with Crippen molar-refractivity contribution >= 4 is 5.91 Å². The Bertz CT molecular complexity index is 533. The van der Waals surface area contributed by atoms with Gasteiger partial charge in [-0.15, -0.1) is 0 Å². The van der Waals surface area contributed by atoms with E-state index in [1.165, 1.54) is 11.1 Å². The van der Waals surface area contributed by atoms with Crippen molar-refractivity contribution in [1.29, 1.82) is 0 Å². The Morgan fingerprint density at radius 2 is 1.90 bits per heavy atom. The number of nitrogens with two attached hydrogens (primary N) is 1. The van der Waals surface area contributed by atoms with Crippen LogP contribution in [0.25, 0.3) is 0 Å². The van der Waals surface area contributed by atoms with Crippen LogP contribution in [0.5, 0.6) is 5.75 Å². The van der Waals surface area contributed by atoms with Gasteiger partial charge >= 0.3 is 0 Å². The van der Waals surface area contributed by atoms with Gasteiger partial charge in [-0.2, -0.15) is 0 Å². The fraction of sp³-hybridized carbons (Fsp3) is 0.588. The Morgan fingerprint density at radius 1 is 1.24 bits per heavy atom. The van der Waals surface area contributed by atoms with Crippen molar-refractivity contribution in [2.24, 2.45) is 5.73 Å². The Morgan fingerprint density at radius 3 is 2.48 bits per heavy atom. The number of hydrogen-bond donors (Lipinski definition) is 2.